The minimum absolute atomic E-state index is 0.0773. The first-order valence-electron chi connectivity index (χ1n) is 9.17. The van der Waals surface area contributed by atoms with Crippen LogP contribution in [-0.2, 0) is 14.3 Å². The summed E-state index contributed by atoms with van der Waals surface area (Å²) in [6.07, 6.45) is 3.13. The summed E-state index contributed by atoms with van der Waals surface area (Å²) in [6.45, 7) is 6.05. The number of piperidine rings is 1. The van der Waals surface area contributed by atoms with Gasteiger partial charge in [-0.3, -0.25) is 4.79 Å². The summed E-state index contributed by atoms with van der Waals surface area (Å²) in [5.41, 5.74) is 1.32. The van der Waals surface area contributed by atoms with Crippen molar-refractivity contribution in [1.29, 1.82) is 0 Å². The molecule has 1 aromatic rings. The van der Waals surface area contributed by atoms with Gasteiger partial charge in [-0.25, -0.2) is 0 Å². The highest BCUT2D eigenvalue weighted by Gasteiger charge is 2.44. The first-order chi connectivity index (χ1) is 12.1. The molecule has 2 aliphatic heterocycles. The number of carbonyl (C=O) groups is 1. The summed E-state index contributed by atoms with van der Waals surface area (Å²) < 4.78 is 16.8. The molecule has 1 amide bonds. The molecule has 2 aliphatic rings. The zero-order valence-electron chi connectivity index (χ0n) is 15.3. The van der Waals surface area contributed by atoms with Crippen LogP contribution in [0.25, 0.3) is 0 Å². The highest BCUT2D eigenvalue weighted by Crippen LogP contribution is 2.44. The Morgan fingerprint density at radius 1 is 1.28 bits per heavy atom. The molecule has 25 heavy (non-hydrogen) atoms. The van der Waals surface area contributed by atoms with Crippen LogP contribution in [0.4, 0.5) is 0 Å². The summed E-state index contributed by atoms with van der Waals surface area (Å²) >= 11 is 0. The Balaban J connectivity index is 1.53. The van der Waals surface area contributed by atoms with Crippen LogP contribution in [0.2, 0.25) is 0 Å². The summed E-state index contributed by atoms with van der Waals surface area (Å²) in [6, 6.07) is 7.80. The van der Waals surface area contributed by atoms with E-state index in [0.29, 0.717) is 5.92 Å². The summed E-state index contributed by atoms with van der Waals surface area (Å²) in [5.74, 6) is 1.30. The van der Waals surface area contributed by atoms with Crippen LogP contribution in [0, 0.1) is 18.3 Å². The van der Waals surface area contributed by atoms with Gasteiger partial charge in [0.15, 0.2) is 6.61 Å². The van der Waals surface area contributed by atoms with Crippen molar-refractivity contribution in [3.8, 4) is 5.75 Å². The number of methoxy groups -OCH3 is 1. The van der Waals surface area contributed by atoms with E-state index in [1.165, 1.54) is 0 Å². The van der Waals surface area contributed by atoms with Gasteiger partial charge in [0.05, 0.1) is 13.2 Å². The molecule has 0 N–H and O–H groups in total. The quantitative estimate of drug-likeness (QED) is 0.822. The molecule has 0 saturated carbocycles. The van der Waals surface area contributed by atoms with Crippen molar-refractivity contribution >= 4 is 5.91 Å². The average Bonchev–Trinajstić information content (AvgIpc) is 2.64. The number of benzene rings is 1. The van der Waals surface area contributed by atoms with Crippen LogP contribution >= 0.6 is 0 Å². The topological polar surface area (TPSA) is 48.0 Å². The maximum Gasteiger partial charge on any atom is 0.260 e. The van der Waals surface area contributed by atoms with Crippen LogP contribution in [0.3, 0.4) is 0 Å². The van der Waals surface area contributed by atoms with Crippen molar-refractivity contribution in [1.82, 2.24) is 4.90 Å². The van der Waals surface area contributed by atoms with Crippen molar-refractivity contribution in [2.24, 2.45) is 11.3 Å². The van der Waals surface area contributed by atoms with Gasteiger partial charge in [-0.1, -0.05) is 18.2 Å². The number of hydrogen-bond donors (Lipinski definition) is 0. The molecular formula is C20H29NO4. The fourth-order valence-electron chi connectivity index (χ4n) is 4.12. The average molecular weight is 347 g/mol. The Labute approximate surface area is 150 Å². The molecule has 5 nitrogen and oxygen atoms in total. The second-order valence-electron chi connectivity index (χ2n) is 7.27. The Bertz CT molecular complexity index is 579. The number of nitrogens with zero attached hydrogens (tertiary/aromatic N) is 1. The Hall–Kier alpha value is -1.59. The van der Waals surface area contributed by atoms with Crippen LogP contribution in [-0.4, -0.2) is 57.4 Å². The Morgan fingerprint density at radius 2 is 2.04 bits per heavy atom. The molecule has 0 aliphatic carbocycles. The standard InChI is InChI=1S/C20H29NO4/c1-16-5-3-4-6-18(16)25-15-19(22)21-10-7-20(8-11-21)9-12-24-14-17(20)13-23-2/h3-6,17H,7-15H2,1-2H3. The number of rotatable bonds is 5. The second kappa shape index (κ2) is 8.19. The zero-order chi connectivity index (χ0) is 17.7. The van der Waals surface area contributed by atoms with E-state index in [-0.39, 0.29) is 17.9 Å². The second-order valence-corrected chi connectivity index (χ2v) is 7.27. The molecule has 1 aromatic carbocycles. The molecule has 0 bridgehead atoms. The minimum atomic E-state index is 0.0773. The van der Waals surface area contributed by atoms with Crippen molar-refractivity contribution in [2.45, 2.75) is 26.2 Å². The molecule has 138 valence electrons. The third-order valence-corrected chi connectivity index (χ3v) is 5.85. The number of carbonyl (C=O) groups excluding carboxylic acids is 1. The fraction of sp³-hybridized carbons (Fsp3) is 0.650. The molecule has 0 aromatic heterocycles. The Kier molecular flexibility index (Phi) is 5.97. The molecular weight excluding hydrogens is 318 g/mol. The maximum absolute atomic E-state index is 12.5. The normalized spacial score (nSPS) is 22.8. The van der Waals surface area contributed by atoms with E-state index in [2.05, 4.69) is 0 Å². The van der Waals surface area contributed by atoms with Crippen LogP contribution in [0.15, 0.2) is 24.3 Å². The van der Waals surface area contributed by atoms with E-state index < -0.39 is 0 Å². The van der Waals surface area contributed by atoms with E-state index in [0.717, 1.165) is 63.5 Å². The van der Waals surface area contributed by atoms with Crippen molar-refractivity contribution in [3.05, 3.63) is 29.8 Å². The number of amides is 1. The van der Waals surface area contributed by atoms with E-state index in [1.54, 1.807) is 7.11 Å². The molecule has 2 saturated heterocycles. The van der Waals surface area contributed by atoms with Gasteiger partial charge in [0.1, 0.15) is 5.75 Å². The van der Waals surface area contributed by atoms with Crippen molar-refractivity contribution in [2.75, 3.05) is 46.6 Å². The smallest absolute Gasteiger partial charge is 0.260 e. The third-order valence-electron chi connectivity index (χ3n) is 5.85. The molecule has 2 fully saturated rings. The van der Waals surface area contributed by atoms with Crippen LogP contribution in [0.5, 0.6) is 5.75 Å². The maximum atomic E-state index is 12.5. The van der Waals surface area contributed by atoms with Gasteiger partial charge in [-0.05, 0) is 43.2 Å². The lowest BCUT2D eigenvalue weighted by Gasteiger charge is -2.48. The number of likely N-dealkylation sites (tertiary alicyclic amines) is 1. The predicted octanol–water partition coefficient (Wildman–Crippen LogP) is 2.67. The van der Waals surface area contributed by atoms with Gasteiger partial charge in [0.25, 0.3) is 5.91 Å². The minimum Gasteiger partial charge on any atom is -0.484 e. The first-order valence-corrected chi connectivity index (χ1v) is 9.17. The van der Waals surface area contributed by atoms with Gasteiger partial charge < -0.3 is 19.1 Å². The summed E-state index contributed by atoms with van der Waals surface area (Å²) in [5, 5.41) is 0. The van der Waals surface area contributed by atoms with Crippen LogP contribution < -0.4 is 4.74 Å². The molecule has 5 heteroatoms. The number of ether oxygens (including phenoxy) is 3. The fourth-order valence-corrected chi connectivity index (χ4v) is 4.12. The van der Waals surface area contributed by atoms with Crippen molar-refractivity contribution < 1.29 is 19.0 Å². The van der Waals surface area contributed by atoms with E-state index in [9.17, 15) is 4.79 Å². The predicted molar refractivity (Wildman–Crippen MR) is 95.7 cm³/mol. The number of aryl methyl sites for hydroxylation is 1. The lowest BCUT2D eigenvalue weighted by Crippen LogP contribution is -2.51. The lowest BCUT2D eigenvalue weighted by atomic mass is 9.66. The molecule has 1 unspecified atom stereocenters. The monoisotopic (exact) mass is 347 g/mol. The molecule has 0 radical (unpaired) electrons. The summed E-state index contributed by atoms with van der Waals surface area (Å²) in [4.78, 5) is 14.5. The lowest BCUT2D eigenvalue weighted by molar-refractivity contribution is -0.140. The molecule has 1 spiro atoms. The zero-order valence-corrected chi connectivity index (χ0v) is 15.3. The summed E-state index contributed by atoms with van der Waals surface area (Å²) in [7, 11) is 1.75. The molecule has 1 atom stereocenters. The highest BCUT2D eigenvalue weighted by molar-refractivity contribution is 5.77. The number of para-hydroxylation sites is 1. The largest absolute Gasteiger partial charge is 0.484 e. The first kappa shape index (κ1) is 18.2. The van der Waals surface area contributed by atoms with E-state index in [1.807, 2.05) is 36.1 Å². The Morgan fingerprint density at radius 3 is 2.76 bits per heavy atom. The SMILES string of the molecule is COCC1COCCC12CCN(C(=O)COc1ccccc1C)CC2. The van der Waals surface area contributed by atoms with E-state index >= 15 is 0 Å². The van der Waals surface area contributed by atoms with Gasteiger partial charge in [-0.15, -0.1) is 0 Å². The molecule has 3 rings (SSSR count). The number of hydrogen-bond acceptors (Lipinski definition) is 4. The van der Waals surface area contributed by atoms with Gasteiger partial charge in [0.2, 0.25) is 0 Å². The van der Waals surface area contributed by atoms with Crippen molar-refractivity contribution in [3.63, 3.8) is 0 Å². The highest BCUT2D eigenvalue weighted by atomic mass is 16.5. The van der Waals surface area contributed by atoms with Gasteiger partial charge in [-0.2, -0.15) is 0 Å². The molecule has 2 heterocycles. The van der Waals surface area contributed by atoms with E-state index in [4.69, 9.17) is 14.2 Å². The van der Waals surface area contributed by atoms with Crippen LogP contribution in [0.1, 0.15) is 24.8 Å². The van der Waals surface area contributed by atoms with Gasteiger partial charge in [0, 0.05) is 32.7 Å². The third kappa shape index (κ3) is 4.15. The van der Waals surface area contributed by atoms with Gasteiger partial charge >= 0.3 is 0 Å².